The SMILES string of the molecule is CC(CCn1cccn1)NC(=O)[C@@H]1CN(C)CC[C@H]1O.O=C(O)C(F)(F)F. The number of aliphatic hydroxyl groups excluding tert-OH is 1. The van der Waals surface area contributed by atoms with Gasteiger partial charge in [-0.05, 0) is 32.9 Å². The lowest BCUT2D eigenvalue weighted by atomic mass is 9.94. The van der Waals surface area contributed by atoms with Gasteiger partial charge >= 0.3 is 12.1 Å². The number of carbonyl (C=O) groups excluding carboxylic acids is 1. The highest BCUT2D eigenvalue weighted by molar-refractivity contribution is 5.79. The van der Waals surface area contributed by atoms with Gasteiger partial charge in [0, 0.05) is 38.1 Å². The number of likely N-dealkylation sites (tertiary alicyclic amines) is 1. The molecule has 0 aliphatic carbocycles. The summed E-state index contributed by atoms with van der Waals surface area (Å²) in [6, 6.07) is 1.96. The minimum absolute atomic E-state index is 0.0444. The molecule has 11 heteroatoms. The van der Waals surface area contributed by atoms with E-state index in [-0.39, 0.29) is 17.9 Å². The first-order valence-electron chi connectivity index (χ1n) is 8.45. The Hall–Kier alpha value is -2.14. The number of rotatable bonds is 5. The first-order chi connectivity index (χ1) is 12.5. The fourth-order valence-electron chi connectivity index (χ4n) is 2.54. The van der Waals surface area contributed by atoms with Gasteiger partial charge in [-0.15, -0.1) is 0 Å². The number of aliphatic carboxylic acids is 1. The summed E-state index contributed by atoms with van der Waals surface area (Å²) in [5, 5.41) is 24.2. The number of carboxylic acids is 1. The Kier molecular flexibility index (Phi) is 8.70. The van der Waals surface area contributed by atoms with Gasteiger partial charge in [-0.2, -0.15) is 18.3 Å². The van der Waals surface area contributed by atoms with E-state index in [2.05, 4.69) is 15.3 Å². The number of hydrogen-bond donors (Lipinski definition) is 3. The topological polar surface area (TPSA) is 108 Å². The number of nitrogens with one attached hydrogen (secondary N) is 1. The van der Waals surface area contributed by atoms with Gasteiger partial charge in [0.05, 0.1) is 12.0 Å². The fourth-order valence-corrected chi connectivity index (χ4v) is 2.54. The molecule has 154 valence electrons. The maximum Gasteiger partial charge on any atom is 0.490 e. The molecule has 1 aliphatic heterocycles. The second-order valence-corrected chi connectivity index (χ2v) is 6.50. The van der Waals surface area contributed by atoms with E-state index in [4.69, 9.17) is 9.90 Å². The van der Waals surface area contributed by atoms with E-state index in [1.807, 2.05) is 30.9 Å². The van der Waals surface area contributed by atoms with Gasteiger partial charge < -0.3 is 20.4 Å². The van der Waals surface area contributed by atoms with E-state index < -0.39 is 18.2 Å². The summed E-state index contributed by atoms with van der Waals surface area (Å²) < 4.78 is 33.6. The van der Waals surface area contributed by atoms with Crippen molar-refractivity contribution in [3.8, 4) is 0 Å². The van der Waals surface area contributed by atoms with Gasteiger partial charge in [-0.25, -0.2) is 4.79 Å². The number of halogens is 3. The molecule has 2 rings (SSSR count). The molecule has 1 amide bonds. The standard InChI is InChI=1S/C14H24N4O2.C2HF3O2/c1-11(4-9-18-7-3-6-15-18)16-14(20)12-10-17(2)8-5-13(12)19;3-2(4,5)1(6)7/h3,6-7,11-13,19H,4-5,8-10H2,1-2H3,(H,16,20);(H,6,7)/t11?,12-,13-;/m1./s1. The van der Waals surface area contributed by atoms with Crippen molar-refractivity contribution in [2.75, 3.05) is 20.1 Å². The monoisotopic (exact) mass is 394 g/mol. The maximum absolute atomic E-state index is 12.2. The van der Waals surface area contributed by atoms with Gasteiger partial charge in [-0.1, -0.05) is 0 Å². The Bertz CT molecular complexity index is 595. The third kappa shape index (κ3) is 8.39. The molecule has 0 aromatic carbocycles. The predicted octanol–water partition coefficient (Wildman–Crippen LogP) is 0.724. The van der Waals surface area contributed by atoms with Crippen LogP contribution in [-0.2, 0) is 16.1 Å². The van der Waals surface area contributed by atoms with Gasteiger partial charge in [-0.3, -0.25) is 9.48 Å². The highest BCUT2D eigenvalue weighted by Crippen LogP contribution is 2.16. The van der Waals surface area contributed by atoms with Crippen LogP contribution in [-0.4, -0.2) is 75.2 Å². The largest absolute Gasteiger partial charge is 0.490 e. The summed E-state index contributed by atoms with van der Waals surface area (Å²) in [6.45, 7) is 4.24. The fraction of sp³-hybridized carbons (Fsp3) is 0.688. The van der Waals surface area contributed by atoms with E-state index >= 15 is 0 Å². The lowest BCUT2D eigenvalue weighted by Gasteiger charge is -2.33. The van der Waals surface area contributed by atoms with Crippen molar-refractivity contribution in [2.24, 2.45) is 5.92 Å². The summed E-state index contributed by atoms with van der Waals surface area (Å²) in [5.41, 5.74) is 0. The minimum atomic E-state index is -5.08. The third-order valence-electron chi connectivity index (χ3n) is 4.10. The van der Waals surface area contributed by atoms with Gasteiger partial charge in [0.15, 0.2) is 0 Å². The third-order valence-corrected chi connectivity index (χ3v) is 4.10. The molecule has 3 N–H and O–H groups in total. The average Bonchev–Trinajstić information content (AvgIpc) is 3.08. The Morgan fingerprint density at radius 2 is 2.04 bits per heavy atom. The molecule has 8 nitrogen and oxygen atoms in total. The van der Waals surface area contributed by atoms with Crippen LogP contribution in [0.1, 0.15) is 19.8 Å². The number of carboxylic acid groups (broad SMARTS) is 1. The van der Waals surface area contributed by atoms with Crippen molar-refractivity contribution < 1.29 is 33.0 Å². The number of carbonyl (C=O) groups is 2. The summed E-state index contributed by atoms with van der Waals surface area (Å²) in [6.07, 6.45) is -0.460. The van der Waals surface area contributed by atoms with Gasteiger partial charge in [0.2, 0.25) is 5.91 Å². The summed E-state index contributed by atoms with van der Waals surface area (Å²) in [5.74, 6) is -3.12. The average molecular weight is 394 g/mol. The number of aliphatic hydroxyl groups is 1. The number of piperidine rings is 1. The van der Waals surface area contributed by atoms with Crippen LogP contribution in [0.25, 0.3) is 0 Å². The van der Waals surface area contributed by atoms with Crippen molar-refractivity contribution in [3.63, 3.8) is 0 Å². The second kappa shape index (κ2) is 10.3. The van der Waals surface area contributed by atoms with Crippen LogP contribution in [0.5, 0.6) is 0 Å². The molecule has 1 fully saturated rings. The van der Waals surface area contributed by atoms with E-state index in [0.29, 0.717) is 13.0 Å². The lowest BCUT2D eigenvalue weighted by Crippen LogP contribution is -2.50. The van der Waals surface area contributed by atoms with Crippen LogP contribution >= 0.6 is 0 Å². The Labute approximate surface area is 155 Å². The molecule has 3 atom stereocenters. The van der Waals surface area contributed by atoms with Gasteiger partial charge in [0.25, 0.3) is 0 Å². The molecule has 0 saturated carbocycles. The normalized spacial score (nSPS) is 21.7. The van der Waals surface area contributed by atoms with E-state index in [9.17, 15) is 23.1 Å². The molecule has 1 saturated heterocycles. The summed E-state index contributed by atoms with van der Waals surface area (Å²) in [4.78, 5) is 23.2. The lowest BCUT2D eigenvalue weighted by molar-refractivity contribution is -0.192. The van der Waals surface area contributed by atoms with Crippen molar-refractivity contribution in [1.29, 1.82) is 0 Å². The molecule has 1 unspecified atom stereocenters. The maximum atomic E-state index is 12.2. The van der Waals surface area contributed by atoms with Crippen LogP contribution in [0.15, 0.2) is 18.5 Å². The molecular weight excluding hydrogens is 369 g/mol. The number of nitrogens with zero attached hydrogens (tertiary/aromatic N) is 3. The Morgan fingerprint density at radius 1 is 1.41 bits per heavy atom. The number of aromatic nitrogens is 2. The smallest absolute Gasteiger partial charge is 0.475 e. The van der Waals surface area contributed by atoms with E-state index in [1.165, 1.54) is 0 Å². The van der Waals surface area contributed by atoms with Crippen molar-refractivity contribution in [3.05, 3.63) is 18.5 Å². The van der Waals surface area contributed by atoms with Crippen molar-refractivity contribution in [2.45, 2.75) is 44.6 Å². The molecule has 1 aromatic heterocycles. The van der Waals surface area contributed by atoms with E-state index in [1.54, 1.807) is 6.20 Å². The Balaban J connectivity index is 0.000000445. The van der Waals surface area contributed by atoms with Crippen LogP contribution < -0.4 is 5.32 Å². The molecule has 1 aliphatic rings. The molecule has 0 radical (unpaired) electrons. The molecule has 27 heavy (non-hydrogen) atoms. The van der Waals surface area contributed by atoms with Crippen molar-refractivity contribution in [1.82, 2.24) is 20.0 Å². The number of alkyl halides is 3. The van der Waals surface area contributed by atoms with Crippen LogP contribution in [0.3, 0.4) is 0 Å². The molecule has 1 aromatic rings. The first-order valence-corrected chi connectivity index (χ1v) is 8.45. The minimum Gasteiger partial charge on any atom is -0.475 e. The zero-order valence-electron chi connectivity index (χ0n) is 15.2. The van der Waals surface area contributed by atoms with Crippen molar-refractivity contribution >= 4 is 11.9 Å². The first kappa shape index (κ1) is 22.9. The summed E-state index contributed by atoms with van der Waals surface area (Å²) in [7, 11) is 1.98. The molecule has 2 heterocycles. The number of aryl methyl sites for hydroxylation is 1. The zero-order valence-corrected chi connectivity index (χ0v) is 15.2. The highest BCUT2D eigenvalue weighted by atomic mass is 19.4. The highest BCUT2D eigenvalue weighted by Gasteiger charge is 2.38. The quantitative estimate of drug-likeness (QED) is 0.680. The molecular formula is C16H25F3N4O4. The second-order valence-electron chi connectivity index (χ2n) is 6.50. The van der Waals surface area contributed by atoms with Crippen LogP contribution in [0, 0.1) is 5.92 Å². The Morgan fingerprint density at radius 3 is 2.56 bits per heavy atom. The molecule has 0 spiro atoms. The molecule has 0 bridgehead atoms. The number of amides is 1. The van der Waals surface area contributed by atoms with Crippen LogP contribution in [0.2, 0.25) is 0 Å². The van der Waals surface area contributed by atoms with Crippen LogP contribution in [0.4, 0.5) is 13.2 Å². The zero-order chi connectivity index (χ0) is 20.6. The van der Waals surface area contributed by atoms with Gasteiger partial charge in [0.1, 0.15) is 0 Å². The predicted molar refractivity (Wildman–Crippen MR) is 89.8 cm³/mol. The number of hydrogen-bond acceptors (Lipinski definition) is 5. The van der Waals surface area contributed by atoms with E-state index in [0.717, 1.165) is 19.5 Å². The summed E-state index contributed by atoms with van der Waals surface area (Å²) >= 11 is 0.